The molecule has 0 aromatic heterocycles. The molecule has 7 heteroatoms. The number of anilines is 1. The predicted octanol–water partition coefficient (Wildman–Crippen LogP) is 3.31. The Morgan fingerprint density at radius 2 is 1.93 bits per heavy atom. The molecule has 0 heterocycles. The summed E-state index contributed by atoms with van der Waals surface area (Å²) < 4.78 is 36.6. The van der Waals surface area contributed by atoms with Crippen LogP contribution in [0.15, 0.2) is 28.0 Å². The normalized spacial score (nSPS) is 11.5. The fourth-order valence-corrected chi connectivity index (χ4v) is 2.41. The van der Waals surface area contributed by atoms with Crippen molar-refractivity contribution in [3.63, 3.8) is 0 Å². The Kier molecular flexibility index (Phi) is 4.18. The molecule has 0 unspecified atom stereocenters. The number of rotatable bonds is 3. The molecule has 1 rings (SSSR count). The third-order valence-electron chi connectivity index (χ3n) is 1.56. The highest BCUT2D eigenvalue weighted by atomic mass is 32.2. The lowest BCUT2D eigenvalue weighted by atomic mass is 10.3. The second-order valence-electron chi connectivity index (χ2n) is 2.56. The van der Waals surface area contributed by atoms with Gasteiger partial charge in [0, 0.05) is 15.5 Å². The van der Waals surface area contributed by atoms with Gasteiger partial charge in [-0.1, -0.05) is 0 Å². The van der Waals surface area contributed by atoms with Gasteiger partial charge in [-0.15, -0.1) is 11.8 Å². The minimum Gasteiger partial charge on any atom is -0.324 e. The molecule has 3 N–H and O–H groups in total. The number of nitrogens with two attached hydrogens (primary N) is 1. The predicted molar refractivity (Wildman–Crippen MR) is 57.9 cm³/mol. The third-order valence-corrected chi connectivity index (χ3v) is 3.27. The largest absolute Gasteiger partial charge is 0.446 e. The second-order valence-corrected chi connectivity index (χ2v) is 4.51. The Balaban J connectivity index is 3.01. The molecule has 0 radical (unpaired) electrons. The molecule has 0 aliphatic heterocycles. The van der Waals surface area contributed by atoms with Gasteiger partial charge in [-0.2, -0.15) is 13.2 Å². The van der Waals surface area contributed by atoms with Gasteiger partial charge in [0.25, 0.3) is 0 Å². The zero-order valence-corrected chi connectivity index (χ0v) is 9.39. The molecule has 0 amide bonds. The topological polar surface area (TPSA) is 38.0 Å². The molecule has 0 fully saturated rings. The molecule has 84 valence electrons. The highest BCUT2D eigenvalue weighted by Crippen LogP contribution is 2.41. The number of hydrogen-bond donors (Lipinski definition) is 2. The molecule has 15 heavy (non-hydrogen) atoms. The SMILES string of the molecule is CSc1ccc(NN)cc1SC(F)(F)F. The number of alkyl halides is 3. The van der Waals surface area contributed by atoms with Crippen LogP contribution in [0.25, 0.3) is 0 Å². The minimum atomic E-state index is -4.28. The molecule has 0 spiro atoms. The molecule has 0 saturated carbocycles. The molecule has 0 saturated heterocycles. The molecule has 1 aromatic carbocycles. The van der Waals surface area contributed by atoms with Crippen molar-refractivity contribution in [3.05, 3.63) is 18.2 Å². The van der Waals surface area contributed by atoms with Crippen LogP contribution in [0.4, 0.5) is 18.9 Å². The van der Waals surface area contributed by atoms with Crippen molar-refractivity contribution in [1.82, 2.24) is 0 Å². The van der Waals surface area contributed by atoms with Gasteiger partial charge in [0.2, 0.25) is 0 Å². The summed E-state index contributed by atoms with van der Waals surface area (Å²) in [5, 5.41) is 0. The first-order valence-electron chi connectivity index (χ1n) is 3.86. The monoisotopic (exact) mass is 254 g/mol. The van der Waals surface area contributed by atoms with E-state index in [9.17, 15) is 13.2 Å². The molecule has 2 nitrogen and oxygen atoms in total. The van der Waals surface area contributed by atoms with Gasteiger partial charge in [0.05, 0.1) is 0 Å². The van der Waals surface area contributed by atoms with E-state index >= 15 is 0 Å². The van der Waals surface area contributed by atoms with Crippen molar-refractivity contribution < 1.29 is 13.2 Å². The quantitative estimate of drug-likeness (QED) is 0.493. The van der Waals surface area contributed by atoms with E-state index in [2.05, 4.69) is 5.43 Å². The fourth-order valence-electron chi connectivity index (χ4n) is 0.971. The van der Waals surface area contributed by atoms with Crippen molar-refractivity contribution in [2.75, 3.05) is 11.7 Å². The summed E-state index contributed by atoms with van der Waals surface area (Å²) >= 11 is 1.13. The number of halogens is 3. The molecule has 0 bridgehead atoms. The first kappa shape index (κ1) is 12.5. The molecule has 0 aliphatic carbocycles. The zero-order valence-electron chi connectivity index (χ0n) is 7.76. The maximum atomic E-state index is 12.2. The van der Waals surface area contributed by atoms with E-state index in [0.717, 1.165) is 0 Å². The van der Waals surface area contributed by atoms with E-state index in [-0.39, 0.29) is 16.7 Å². The summed E-state index contributed by atoms with van der Waals surface area (Å²) in [6, 6.07) is 4.62. The first-order valence-corrected chi connectivity index (χ1v) is 5.91. The number of nitrogen functional groups attached to an aromatic ring is 1. The van der Waals surface area contributed by atoms with Crippen molar-refractivity contribution in [3.8, 4) is 0 Å². The summed E-state index contributed by atoms with van der Waals surface area (Å²) in [5.74, 6) is 5.13. The Hall–Kier alpha value is -0.530. The van der Waals surface area contributed by atoms with Crippen LogP contribution in [0, 0.1) is 0 Å². The van der Waals surface area contributed by atoms with Crippen LogP contribution in [0.5, 0.6) is 0 Å². The number of hydrazine groups is 1. The van der Waals surface area contributed by atoms with E-state index in [1.54, 1.807) is 18.4 Å². The Labute approximate surface area is 93.8 Å². The van der Waals surface area contributed by atoms with Crippen LogP contribution in [0.2, 0.25) is 0 Å². The average molecular weight is 254 g/mol. The maximum absolute atomic E-state index is 12.2. The van der Waals surface area contributed by atoms with Crippen LogP contribution in [0.3, 0.4) is 0 Å². The summed E-state index contributed by atoms with van der Waals surface area (Å²) in [6.45, 7) is 0. The number of thioether (sulfide) groups is 2. The highest BCUT2D eigenvalue weighted by molar-refractivity contribution is 8.02. The Bertz CT molecular complexity index is 341. The van der Waals surface area contributed by atoms with Gasteiger partial charge in [-0.3, -0.25) is 5.84 Å². The highest BCUT2D eigenvalue weighted by Gasteiger charge is 2.30. The first-order chi connectivity index (χ1) is 6.96. The van der Waals surface area contributed by atoms with E-state index in [0.29, 0.717) is 10.6 Å². The number of benzene rings is 1. The Morgan fingerprint density at radius 1 is 1.27 bits per heavy atom. The summed E-state index contributed by atoms with van der Waals surface area (Å²) in [7, 11) is 0. The smallest absolute Gasteiger partial charge is 0.324 e. The van der Waals surface area contributed by atoms with Gasteiger partial charge in [-0.25, -0.2) is 0 Å². The summed E-state index contributed by atoms with van der Waals surface area (Å²) in [5.41, 5.74) is -1.51. The summed E-state index contributed by atoms with van der Waals surface area (Å²) in [4.78, 5) is 0.738. The van der Waals surface area contributed by atoms with E-state index in [4.69, 9.17) is 5.84 Å². The minimum absolute atomic E-state index is 0.135. The maximum Gasteiger partial charge on any atom is 0.446 e. The zero-order chi connectivity index (χ0) is 11.5. The van der Waals surface area contributed by atoms with Crippen LogP contribution >= 0.6 is 23.5 Å². The lowest BCUT2D eigenvalue weighted by Crippen LogP contribution is -2.07. The Morgan fingerprint density at radius 3 is 2.40 bits per heavy atom. The van der Waals surface area contributed by atoms with E-state index in [1.165, 1.54) is 17.8 Å². The fraction of sp³-hybridized carbons (Fsp3) is 0.250. The average Bonchev–Trinajstić information content (AvgIpc) is 2.15. The van der Waals surface area contributed by atoms with E-state index < -0.39 is 5.51 Å². The molecular weight excluding hydrogens is 245 g/mol. The standard InChI is InChI=1S/C8H9F3N2S2/c1-14-6-3-2-5(13-12)4-7(6)15-8(9,10)11/h2-4,13H,12H2,1H3. The van der Waals surface area contributed by atoms with Crippen LogP contribution in [0.1, 0.15) is 0 Å². The van der Waals surface area contributed by atoms with Crippen LogP contribution in [-0.2, 0) is 0 Å². The van der Waals surface area contributed by atoms with Gasteiger partial charge < -0.3 is 5.43 Å². The van der Waals surface area contributed by atoms with Gasteiger partial charge in [0.15, 0.2) is 0 Å². The van der Waals surface area contributed by atoms with Gasteiger partial charge in [-0.05, 0) is 36.2 Å². The van der Waals surface area contributed by atoms with Crippen LogP contribution in [-0.4, -0.2) is 11.8 Å². The molecule has 0 aliphatic rings. The molecule has 0 atom stereocenters. The van der Waals surface area contributed by atoms with Gasteiger partial charge >= 0.3 is 5.51 Å². The van der Waals surface area contributed by atoms with Gasteiger partial charge in [0.1, 0.15) is 0 Å². The summed E-state index contributed by atoms with van der Waals surface area (Å²) in [6.07, 6.45) is 1.73. The molecule has 1 aromatic rings. The van der Waals surface area contributed by atoms with Crippen molar-refractivity contribution >= 4 is 29.2 Å². The number of hydrogen-bond acceptors (Lipinski definition) is 4. The number of nitrogens with one attached hydrogen (secondary N) is 1. The van der Waals surface area contributed by atoms with Crippen LogP contribution < -0.4 is 11.3 Å². The second kappa shape index (κ2) is 5.00. The third kappa shape index (κ3) is 3.84. The van der Waals surface area contributed by atoms with Crippen molar-refractivity contribution in [1.29, 1.82) is 0 Å². The van der Waals surface area contributed by atoms with Crippen molar-refractivity contribution in [2.24, 2.45) is 5.84 Å². The molecular formula is C8H9F3N2S2. The lowest BCUT2D eigenvalue weighted by molar-refractivity contribution is -0.0328. The van der Waals surface area contributed by atoms with E-state index in [1.807, 2.05) is 0 Å². The lowest BCUT2D eigenvalue weighted by Gasteiger charge is -2.11. The van der Waals surface area contributed by atoms with Crippen molar-refractivity contribution in [2.45, 2.75) is 15.3 Å².